The number of aliphatic imine (C=N–C) groups is 1. The molecule has 0 bridgehead atoms. The smallest absolute Gasteiger partial charge is 0.311 e. The quantitative estimate of drug-likeness (QED) is 0.515. The molecule has 0 radical (unpaired) electrons. The number of nitro benzene ring substituents is 1. The van der Waals surface area contributed by atoms with E-state index < -0.39 is 4.92 Å². The lowest BCUT2D eigenvalue weighted by Gasteiger charge is -2.05. The second kappa shape index (κ2) is 7.18. The maximum atomic E-state index is 12.1. The predicted molar refractivity (Wildman–Crippen MR) is 96.9 cm³/mol. The maximum absolute atomic E-state index is 12.1. The van der Waals surface area contributed by atoms with Gasteiger partial charge in [0.1, 0.15) is 0 Å². The van der Waals surface area contributed by atoms with E-state index in [4.69, 9.17) is 4.74 Å². The Balaban J connectivity index is 1.93. The number of hydrogen-bond acceptors (Lipinski definition) is 6. The Hall–Kier alpha value is -3.13. The van der Waals surface area contributed by atoms with Crippen LogP contribution in [0.25, 0.3) is 6.08 Å². The Kier molecular flexibility index (Phi) is 4.80. The molecule has 8 heteroatoms. The number of methoxy groups -OCH3 is 1. The summed E-state index contributed by atoms with van der Waals surface area (Å²) in [6.07, 6.45) is 1.55. The number of amidine groups is 1. The Labute approximate surface area is 147 Å². The average molecular weight is 355 g/mol. The van der Waals surface area contributed by atoms with E-state index in [0.29, 0.717) is 15.6 Å². The molecule has 0 atom stereocenters. The van der Waals surface area contributed by atoms with Gasteiger partial charge in [0.25, 0.3) is 5.91 Å². The molecule has 7 nitrogen and oxygen atoms in total. The maximum Gasteiger partial charge on any atom is 0.311 e. The van der Waals surface area contributed by atoms with Gasteiger partial charge in [0, 0.05) is 11.6 Å². The van der Waals surface area contributed by atoms with E-state index in [9.17, 15) is 14.9 Å². The van der Waals surface area contributed by atoms with E-state index in [-0.39, 0.29) is 17.3 Å². The van der Waals surface area contributed by atoms with Gasteiger partial charge in [0.2, 0.25) is 5.75 Å². The number of benzene rings is 2. The summed E-state index contributed by atoms with van der Waals surface area (Å²) in [6, 6.07) is 13.8. The van der Waals surface area contributed by atoms with Crippen LogP contribution in [0.2, 0.25) is 0 Å². The Bertz CT molecular complexity index is 894. The van der Waals surface area contributed by atoms with Gasteiger partial charge in [-0.3, -0.25) is 14.9 Å². The van der Waals surface area contributed by atoms with E-state index in [2.05, 4.69) is 10.3 Å². The second-order valence-corrected chi connectivity index (χ2v) is 6.00. The molecule has 25 heavy (non-hydrogen) atoms. The number of hydrogen-bond donors (Lipinski definition) is 1. The molecule has 1 aliphatic heterocycles. The van der Waals surface area contributed by atoms with Gasteiger partial charge in [0.15, 0.2) is 5.17 Å². The predicted octanol–water partition coefficient (Wildman–Crippen LogP) is 3.50. The van der Waals surface area contributed by atoms with Crippen LogP contribution < -0.4 is 10.1 Å². The molecular weight excluding hydrogens is 342 g/mol. The molecule has 0 aromatic heterocycles. The normalized spacial score (nSPS) is 16.9. The molecule has 1 amide bonds. The van der Waals surface area contributed by atoms with Crippen molar-refractivity contribution in [1.82, 2.24) is 5.32 Å². The zero-order valence-electron chi connectivity index (χ0n) is 13.1. The third-order valence-electron chi connectivity index (χ3n) is 3.35. The van der Waals surface area contributed by atoms with Gasteiger partial charge < -0.3 is 10.1 Å². The van der Waals surface area contributed by atoms with Crippen LogP contribution in [0.3, 0.4) is 0 Å². The highest BCUT2D eigenvalue weighted by molar-refractivity contribution is 8.18. The minimum absolute atomic E-state index is 0.113. The molecule has 1 N–H and O–H groups in total. The number of amides is 1. The molecule has 0 unspecified atom stereocenters. The number of nitrogens with zero attached hydrogens (tertiary/aromatic N) is 2. The summed E-state index contributed by atoms with van der Waals surface area (Å²) < 4.78 is 5.15. The molecule has 0 aliphatic carbocycles. The lowest BCUT2D eigenvalue weighted by atomic mass is 10.1. The fourth-order valence-electron chi connectivity index (χ4n) is 2.26. The number of nitro groups is 1. The number of para-hydroxylation sites is 2. The van der Waals surface area contributed by atoms with Crippen molar-refractivity contribution in [1.29, 1.82) is 0 Å². The lowest BCUT2D eigenvalue weighted by molar-refractivity contribution is -0.385. The summed E-state index contributed by atoms with van der Waals surface area (Å²) in [6.45, 7) is 0. The van der Waals surface area contributed by atoms with Crippen LogP contribution in [0.5, 0.6) is 5.75 Å². The van der Waals surface area contributed by atoms with E-state index >= 15 is 0 Å². The van der Waals surface area contributed by atoms with Crippen molar-refractivity contribution in [3.05, 3.63) is 69.1 Å². The third kappa shape index (κ3) is 3.69. The van der Waals surface area contributed by atoms with Gasteiger partial charge in [-0.2, -0.15) is 0 Å². The summed E-state index contributed by atoms with van der Waals surface area (Å²) in [5.41, 5.74) is 1.02. The van der Waals surface area contributed by atoms with Crippen LogP contribution in [0.4, 0.5) is 11.4 Å². The van der Waals surface area contributed by atoms with Crippen LogP contribution >= 0.6 is 11.8 Å². The van der Waals surface area contributed by atoms with Crippen LogP contribution in [0, 0.1) is 10.1 Å². The van der Waals surface area contributed by atoms with Crippen LogP contribution in [-0.4, -0.2) is 23.1 Å². The zero-order chi connectivity index (χ0) is 17.8. The van der Waals surface area contributed by atoms with Crippen molar-refractivity contribution in [2.45, 2.75) is 0 Å². The van der Waals surface area contributed by atoms with Gasteiger partial charge in [-0.15, -0.1) is 0 Å². The molecule has 0 spiro atoms. The fraction of sp³-hybridized carbons (Fsp3) is 0.0588. The number of nitrogens with one attached hydrogen (secondary N) is 1. The van der Waals surface area contributed by atoms with Gasteiger partial charge in [-0.1, -0.05) is 30.3 Å². The topological polar surface area (TPSA) is 93.8 Å². The SMILES string of the molecule is COc1c(/C=C2/SC(=Nc3ccccc3)NC2=O)cccc1[N+](=O)[O-]. The molecule has 126 valence electrons. The lowest BCUT2D eigenvalue weighted by Crippen LogP contribution is -2.19. The van der Waals surface area contributed by atoms with Crippen LogP contribution in [0.15, 0.2) is 58.4 Å². The fourth-order valence-corrected chi connectivity index (χ4v) is 3.10. The first-order valence-corrected chi connectivity index (χ1v) is 8.06. The molecule has 3 rings (SSSR count). The number of carbonyl (C=O) groups excluding carboxylic acids is 1. The van der Waals surface area contributed by atoms with Crippen LogP contribution in [0.1, 0.15) is 5.56 Å². The van der Waals surface area contributed by atoms with Gasteiger partial charge in [0.05, 0.1) is 22.6 Å². The van der Waals surface area contributed by atoms with E-state index in [1.165, 1.54) is 24.9 Å². The summed E-state index contributed by atoms with van der Waals surface area (Å²) in [4.78, 5) is 27.4. The molecule has 2 aromatic carbocycles. The van der Waals surface area contributed by atoms with Crippen molar-refractivity contribution in [2.24, 2.45) is 4.99 Å². The summed E-state index contributed by atoms with van der Waals surface area (Å²) in [5.74, 6) is -0.199. The minimum Gasteiger partial charge on any atom is -0.490 e. The zero-order valence-corrected chi connectivity index (χ0v) is 13.9. The van der Waals surface area contributed by atoms with Crippen molar-refractivity contribution in [3.63, 3.8) is 0 Å². The molecule has 2 aromatic rings. The Morgan fingerprint density at radius 3 is 2.64 bits per heavy atom. The summed E-state index contributed by atoms with van der Waals surface area (Å²) >= 11 is 1.17. The first-order chi connectivity index (χ1) is 12.1. The molecule has 1 fully saturated rings. The van der Waals surface area contributed by atoms with Crippen LogP contribution in [-0.2, 0) is 4.79 Å². The first-order valence-electron chi connectivity index (χ1n) is 7.24. The number of carbonyl (C=O) groups is 1. The van der Waals surface area contributed by atoms with E-state index in [1.807, 2.05) is 30.3 Å². The molecule has 1 saturated heterocycles. The van der Waals surface area contributed by atoms with E-state index in [1.54, 1.807) is 18.2 Å². The minimum atomic E-state index is -0.523. The summed E-state index contributed by atoms with van der Waals surface area (Å²) in [7, 11) is 1.36. The number of ether oxygens (including phenoxy) is 1. The molecule has 1 heterocycles. The summed E-state index contributed by atoms with van der Waals surface area (Å²) in [5, 5.41) is 14.2. The average Bonchev–Trinajstić information content (AvgIpc) is 2.94. The van der Waals surface area contributed by atoms with Gasteiger partial charge >= 0.3 is 5.69 Å². The molecular formula is C17H13N3O4S. The van der Waals surface area contributed by atoms with Crippen molar-refractivity contribution in [3.8, 4) is 5.75 Å². The monoisotopic (exact) mass is 355 g/mol. The second-order valence-electron chi connectivity index (χ2n) is 4.97. The Morgan fingerprint density at radius 1 is 1.20 bits per heavy atom. The first kappa shape index (κ1) is 16.7. The van der Waals surface area contributed by atoms with Crippen molar-refractivity contribution < 1.29 is 14.5 Å². The highest BCUT2D eigenvalue weighted by Gasteiger charge is 2.25. The Morgan fingerprint density at radius 2 is 1.96 bits per heavy atom. The number of thioether (sulfide) groups is 1. The van der Waals surface area contributed by atoms with Crippen molar-refractivity contribution in [2.75, 3.05) is 7.11 Å². The third-order valence-corrected chi connectivity index (χ3v) is 4.26. The van der Waals surface area contributed by atoms with Crippen molar-refractivity contribution >= 4 is 40.3 Å². The number of rotatable bonds is 4. The molecule has 0 saturated carbocycles. The van der Waals surface area contributed by atoms with Gasteiger partial charge in [-0.25, -0.2) is 4.99 Å². The standard InChI is InChI=1S/C17H13N3O4S/c1-24-15-11(6-5-9-13(15)20(22)23)10-14-16(21)19-17(25-14)18-12-7-3-2-4-8-12/h2-10H,1H3,(H,18,19,21)/b14-10+. The largest absolute Gasteiger partial charge is 0.490 e. The highest BCUT2D eigenvalue weighted by Crippen LogP contribution is 2.35. The van der Waals surface area contributed by atoms with Gasteiger partial charge in [-0.05, 0) is 30.0 Å². The van der Waals surface area contributed by atoms with E-state index in [0.717, 1.165) is 5.69 Å². The highest BCUT2D eigenvalue weighted by atomic mass is 32.2. The molecule has 1 aliphatic rings.